The first-order valence-electron chi connectivity index (χ1n) is 11.4. The fourth-order valence-electron chi connectivity index (χ4n) is 5.32. The minimum atomic E-state index is -4.64. The average molecular weight is 461 g/mol. The molecule has 0 radical (unpaired) electrons. The fraction of sp³-hybridized carbons (Fsp3) is 0.520. The van der Waals surface area contributed by atoms with Gasteiger partial charge in [0, 0.05) is 30.5 Å². The number of carbonyl (C=O) groups is 1. The molecule has 1 fully saturated rings. The second-order valence-electron chi connectivity index (χ2n) is 9.91. The maximum atomic E-state index is 14.0. The first-order chi connectivity index (χ1) is 15.5. The zero-order chi connectivity index (χ0) is 24.0. The lowest BCUT2D eigenvalue weighted by atomic mass is 9.83. The summed E-state index contributed by atoms with van der Waals surface area (Å²) in [5.41, 5.74) is 8.73. The quantitative estimate of drug-likeness (QED) is 0.685. The Bertz CT molecular complexity index is 1010. The van der Waals surface area contributed by atoms with Crippen molar-refractivity contribution in [1.29, 1.82) is 0 Å². The van der Waals surface area contributed by atoms with E-state index in [1.54, 1.807) is 6.07 Å². The number of alkyl halides is 3. The van der Waals surface area contributed by atoms with E-state index in [0.29, 0.717) is 24.9 Å². The van der Waals surface area contributed by atoms with Gasteiger partial charge in [-0.3, -0.25) is 9.78 Å². The third-order valence-corrected chi connectivity index (χ3v) is 7.28. The van der Waals surface area contributed by atoms with Crippen LogP contribution in [0.1, 0.15) is 56.0 Å². The van der Waals surface area contributed by atoms with Crippen LogP contribution >= 0.6 is 0 Å². The van der Waals surface area contributed by atoms with E-state index in [1.165, 1.54) is 30.4 Å². The number of hydrogen-bond acceptors (Lipinski definition) is 4. The van der Waals surface area contributed by atoms with Gasteiger partial charge in [-0.2, -0.15) is 13.2 Å². The van der Waals surface area contributed by atoms with E-state index >= 15 is 0 Å². The summed E-state index contributed by atoms with van der Waals surface area (Å²) in [7, 11) is 1.20. The van der Waals surface area contributed by atoms with Crippen LogP contribution in [0.3, 0.4) is 0 Å². The molecule has 0 aliphatic heterocycles. The number of benzene rings is 1. The predicted molar refractivity (Wildman–Crippen MR) is 122 cm³/mol. The molecule has 1 aromatic carbocycles. The standard InChI is InChI=1S/C25H31F3N4O/c1-24(2)19-7-5-4-6-15(19)13-21(24)31-18-10-11-20(30-14-18)22(25(26,27)28)32(3)23(33)16-8-9-17(29)12-16/h4-7,10-11,14,16-17,21-22,31H,8-9,12-13,29H2,1-3H3/t16-,17+,21?,22+/m1/s1. The summed E-state index contributed by atoms with van der Waals surface area (Å²) in [6.07, 6.45) is -0.786. The third kappa shape index (κ3) is 4.58. The topological polar surface area (TPSA) is 71.2 Å². The molecule has 4 atom stereocenters. The van der Waals surface area contributed by atoms with E-state index in [2.05, 4.69) is 36.3 Å². The van der Waals surface area contributed by atoms with Crippen LogP contribution in [-0.2, 0) is 16.6 Å². The van der Waals surface area contributed by atoms with Gasteiger partial charge in [-0.25, -0.2) is 0 Å². The summed E-state index contributed by atoms with van der Waals surface area (Å²) in [6.45, 7) is 4.32. The van der Waals surface area contributed by atoms with Crippen molar-refractivity contribution in [3.63, 3.8) is 0 Å². The van der Waals surface area contributed by atoms with Crippen LogP contribution in [0.15, 0.2) is 42.6 Å². The summed E-state index contributed by atoms with van der Waals surface area (Å²) in [5.74, 6) is -0.998. The number of aromatic nitrogens is 1. The van der Waals surface area contributed by atoms with Crippen molar-refractivity contribution < 1.29 is 18.0 Å². The van der Waals surface area contributed by atoms with Gasteiger partial charge in [0.15, 0.2) is 6.04 Å². The summed E-state index contributed by atoms with van der Waals surface area (Å²) < 4.78 is 42.0. The van der Waals surface area contributed by atoms with Crippen molar-refractivity contribution in [1.82, 2.24) is 9.88 Å². The number of nitrogens with zero attached hydrogens (tertiary/aromatic N) is 2. The smallest absolute Gasteiger partial charge is 0.380 e. The lowest BCUT2D eigenvalue weighted by Gasteiger charge is -2.32. The first-order valence-corrected chi connectivity index (χ1v) is 11.4. The fourth-order valence-corrected chi connectivity index (χ4v) is 5.32. The van der Waals surface area contributed by atoms with E-state index < -0.39 is 24.0 Å². The average Bonchev–Trinajstić information content (AvgIpc) is 3.29. The molecule has 1 saturated carbocycles. The van der Waals surface area contributed by atoms with Crippen LogP contribution in [0.25, 0.3) is 0 Å². The molecule has 178 valence electrons. The summed E-state index contributed by atoms with van der Waals surface area (Å²) in [5, 5.41) is 3.45. The Labute approximate surface area is 192 Å². The second kappa shape index (κ2) is 8.63. The zero-order valence-electron chi connectivity index (χ0n) is 19.2. The number of anilines is 1. The highest BCUT2D eigenvalue weighted by molar-refractivity contribution is 5.79. The van der Waals surface area contributed by atoms with Crippen LogP contribution in [0.5, 0.6) is 0 Å². The van der Waals surface area contributed by atoms with Gasteiger partial charge in [0.1, 0.15) is 0 Å². The molecule has 1 amide bonds. The maximum absolute atomic E-state index is 14.0. The van der Waals surface area contributed by atoms with Gasteiger partial charge < -0.3 is 16.0 Å². The Morgan fingerprint density at radius 1 is 1.21 bits per heavy atom. The lowest BCUT2D eigenvalue weighted by molar-refractivity contribution is -0.191. The minimum absolute atomic E-state index is 0.0942. The normalized spacial score (nSPS) is 24.9. The van der Waals surface area contributed by atoms with Gasteiger partial charge in [-0.1, -0.05) is 38.1 Å². The SMILES string of the molecule is CN(C(=O)[C@@H]1CC[C@H](N)C1)[C@@H](c1ccc(NC2Cc3ccccc3C2(C)C)cn1)C(F)(F)F. The van der Waals surface area contributed by atoms with Crippen LogP contribution in [0, 0.1) is 5.92 Å². The van der Waals surface area contributed by atoms with Gasteiger partial charge in [-0.15, -0.1) is 0 Å². The van der Waals surface area contributed by atoms with E-state index in [0.717, 1.165) is 11.3 Å². The van der Waals surface area contributed by atoms with Gasteiger partial charge in [0.25, 0.3) is 0 Å². The Hall–Kier alpha value is -2.61. The number of hydrogen-bond donors (Lipinski definition) is 2. The summed E-state index contributed by atoms with van der Waals surface area (Å²) in [4.78, 5) is 17.7. The molecule has 1 aromatic heterocycles. The van der Waals surface area contributed by atoms with Crippen molar-refractivity contribution in [2.75, 3.05) is 12.4 Å². The molecule has 2 aliphatic rings. The second-order valence-corrected chi connectivity index (χ2v) is 9.91. The monoisotopic (exact) mass is 460 g/mol. The first kappa shape index (κ1) is 23.5. The number of amides is 1. The van der Waals surface area contributed by atoms with E-state index in [9.17, 15) is 18.0 Å². The molecular formula is C25H31F3N4O. The van der Waals surface area contributed by atoms with Crippen molar-refractivity contribution >= 4 is 11.6 Å². The highest BCUT2D eigenvalue weighted by Crippen LogP contribution is 2.41. The van der Waals surface area contributed by atoms with Crippen LogP contribution < -0.4 is 11.1 Å². The molecule has 8 heteroatoms. The number of nitrogens with one attached hydrogen (secondary N) is 1. The van der Waals surface area contributed by atoms with E-state index in [-0.39, 0.29) is 23.2 Å². The van der Waals surface area contributed by atoms with E-state index in [4.69, 9.17) is 5.73 Å². The molecular weight excluding hydrogens is 429 g/mol. The Morgan fingerprint density at radius 3 is 2.52 bits per heavy atom. The highest BCUT2D eigenvalue weighted by Gasteiger charge is 2.47. The third-order valence-electron chi connectivity index (χ3n) is 7.28. The summed E-state index contributed by atoms with van der Waals surface area (Å²) in [6, 6.07) is 9.11. The van der Waals surface area contributed by atoms with Crippen LogP contribution in [0.2, 0.25) is 0 Å². The molecule has 1 unspecified atom stereocenters. The number of carbonyl (C=O) groups excluding carboxylic acids is 1. The van der Waals surface area contributed by atoms with E-state index in [1.807, 2.05) is 12.1 Å². The summed E-state index contributed by atoms with van der Waals surface area (Å²) >= 11 is 0. The molecule has 33 heavy (non-hydrogen) atoms. The van der Waals surface area contributed by atoms with Crippen LogP contribution in [-0.4, -0.2) is 41.1 Å². The number of pyridine rings is 1. The van der Waals surface area contributed by atoms with Gasteiger partial charge >= 0.3 is 6.18 Å². The molecule has 2 aromatic rings. The molecule has 0 bridgehead atoms. The highest BCUT2D eigenvalue weighted by atomic mass is 19.4. The maximum Gasteiger partial charge on any atom is 0.414 e. The van der Waals surface area contributed by atoms with Gasteiger partial charge in [0.2, 0.25) is 5.91 Å². The number of halogens is 3. The molecule has 1 heterocycles. The Morgan fingerprint density at radius 2 is 1.94 bits per heavy atom. The number of fused-ring (bicyclic) bond motifs is 1. The molecule has 4 rings (SSSR count). The predicted octanol–water partition coefficient (Wildman–Crippen LogP) is 4.59. The molecule has 2 aliphatic carbocycles. The van der Waals surface area contributed by atoms with Gasteiger partial charge in [-0.05, 0) is 48.9 Å². The molecule has 5 nitrogen and oxygen atoms in total. The van der Waals surface area contributed by atoms with Crippen molar-refractivity contribution in [2.45, 2.75) is 69.2 Å². The van der Waals surface area contributed by atoms with Crippen LogP contribution in [0.4, 0.5) is 18.9 Å². The number of nitrogens with two attached hydrogens (primary N) is 1. The molecule has 0 spiro atoms. The Balaban J connectivity index is 1.51. The minimum Gasteiger partial charge on any atom is -0.380 e. The Kier molecular flexibility index (Phi) is 6.16. The molecule has 0 saturated heterocycles. The van der Waals surface area contributed by atoms with Gasteiger partial charge in [0.05, 0.1) is 17.6 Å². The lowest BCUT2D eigenvalue weighted by Crippen LogP contribution is -2.42. The molecule has 3 N–H and O–H groups in total. The van der Waals surface area contributed by atoms with Crippen molar-refractivity contribution in [3.8, 4) is 0 Å². The number of rotatable bonds is 5. The largest absolute Gasteiger partial charge is 0.414 e. The van der Waals surface area contributed by atoms with Crippen molar-refractivity contribution in [2.24, 2.45) is 11.7 Å². The van der Waals surface area contributed by atoms with Crippen molar-refractivity contribution in [3.05, 3.63) is 59.4 Å². The zero-order valence-corrected chi connectivity index (χ0v) is 19.2.